The number of hydrogen-bond donors (Lipinski definition) is 1. The van der Waals surface area contributed by atoms with Crippen molar-refractivity contribution in [2.45, 2.75) is 83.2 Å². The number of likely N-dealkylation sites (tertiary alicyclic amines) is 1. The highest BCUT2D eigenvalue weighted by Gasteiger charge is 2.63. The molecule has 1 spiro atoms. The van der Waals surface area contributed by atoms with E-state index in [1.54, 1.807) is 25.7 Å². The van der Waals surface area contributed by atoms with Crippen LogP contribution in [0.15, 0.2) is 16.6 Å². The van der Waals surface area contributed by atoms with Crippen molar-refractivity contribution in [3.63, 3.8) is 0 Å². The number of carbonyl (C=O) groups excluding carboxylic acids is 1. The van der Waals surface area contributed by atoms with Gasteiger partial charge in [0.1, 0.15) is 22.0 Å². The van der Waals surface area contributed by atoms with Crippen molar-refractivity contribution in [3.05, 3.63) is 33.8 Å². The molecular formula is C22H31BrF2N2O3S. The molecule has 31 heavy (non-hydrogen) atoms. The summed E-state index contributed by atoms with van der Waals surface area (Å²) in [5.41, 5.74) is -0.758. The van der Waals surface area contributed by atoms with Gasteiger partial charge in [-0.15, -0.1) is 4.72 Å². The monoisotopic (exact) mass is 520 g/mol. The number of benzene rings is 1. The number of rotatable bonds is 4. The molecule has 1 heterocycles. The standard InChI is InChI=1S/C22H31BrF2N2O3S/c1-20(2,3)30-19(28)27-12-22(7-8-22)18(26-31(29)21(4,5)6)16(27)10-13-9-14(24)11-15(23)17(13)25/h9,11,16,18,26H,7-8,10,12H2,1-6H3/t16-,18+,31?/m1/s1. The summed E-state index contributed by atoms with van der Waals surface area (Å²) in [6, 6.07) is 1.39. The SMILES string of the molecule is CC(C)(C)OC(=O)N1CC2(CC2)[C@@H](N[S+]([O-])C(C)(C)C)[C@H]1Cc1cc(F)cc(Br)c1F. The molecule has 1 N–H and O–H groups in total. The fourth-order valence-electron chi connectivity index (χ4n) is 4.00. The Labute approximate surface area is 194 Å². The number of nitrogens with one attached hydrogen (secondary N) is 1. The lowest BCUT2D eigenvalue weighted by Crippen LogP contribution is -2.53. The zero-order chi connectivity index (χ0) is 23.4. The van der Waals surface area contributed by atoms with Crippen LogP contribution in [0.3, 0.4) is 0 Å². The summed E-state index contributed by atoms with van der Waals surface area (Å²) in [5, 5.41) is 0. The van der Waals surface area contributed by atoms with Gasteiger partial charge in [-0.3, -0.25) is 0 Å². The lowest BCUT2D eigenvalue weighted by Gasteiger charge is -2.33. The van der Waals surface area contributed by atoms with Gasteiger partial charge in [0.2, 0.25) is 0 Å². The van der Waals surface area contributed by atoms with Crippen LogP contribution in [0.1, 0.15) is 59.9 Å². The van der Waals surface area contributed by atoms with Crippen LogP contribution < -0.4 is 4.72 Å². The maximum absolute atomic E-state index is 14.8. The van der Waals surface area contributed by atoms with Gasteiger partial charge in [-0.1, -0.05) is 0 Å². The number of hydrogen-bond acceptors (Lipinski definition) is 4. The molecule has 1 saturated carbocycles. The quantitative estimate of drug-likeness (QED) is 0.443. The number of ether oxygens (including phenoxy) is 1. The molecule has 0 aromatic heterocycles. The Morgan fingerprint density at radius 2 is 1.90 bits per heavy atom. The first-order valence-corrected chi connectivity index (χ1v) is 12.4. The third-order valence-corrected chi connectivity index (χ3v) is 7.90. The summed E-state index contributed by atoms with van der Waals surface area (Å²) in [4.78, 5) is 14.7. The second-order valence-electron chi connectivity index (χ2n) is 10.6. The van der Waals surface area contributed by atoms with Crippen molar-refractivity contribution in [2.24, 2.45) is 5.41 Å². The Kier molecular flexibility index (Phi) is 6.75. The molecular weight excluding hydrogens is 490 g/mol. The normalized spacial score (nSPS) is 23.9. The van der Waals surface area contributed by atoms with Gasteiger partial charge in [-0.05, 0) is 94.4 Å². The average molecular weight is 521 g/mol. The second kappa shape index (κ2) is 8.47. The molecule has 1 aromatic rings. The van der Waals surface area contributed by atoms with E-state index in [1.165, 1.54) is 0 Å². The predicted molar refractivity (Wildman–Crippen MR) is 121 cm³/mol. The van der Waals surface area contributed by atoms with E-state index in [9.17, 15) is 18.1 Å². The van der Waals surface area contributed by atoms with Crippen LogP contribution in [0.2, 0.25) is 0 Å². The molecule has 1 aliphatic heterocycles. The van der Waals surface area contributed by atoms with E-state index < -0.39 is 45.5 Å². The molecule has 1 amide bonds. The molecule has 1 aromatic carbocycles. The van der Waals surface area contributed by atoms with E-state index in [1.807, 2.05) is 20.8 Å². The second-order valence-corrected chi connectivity index (χ2v) is 13.4. The van der Waals surface area contributed by atoms with Crippen LogP contribution in [0.4, 0.5) is 13.6 Å². The summed E-state index contributed by atoms with van der Waals surface area (Å²) in [5.74, 6) is -1.12. The predicted octanol–water partition coefficient (Wildman–Crippen LogP) is 5.09. The van der Waals surface area contributed by atoms with E-state index >= 15 is 0 Å². The van der Waals surface area contributed by atoms with Gasteiger partial charge in [-0.25, -0.2) is 13.6 Å². The molecule has 3 atom stereocenters. The van der Waals surface area contributed by atoms with Gasteiger partial charge < -0.3 is 14.2 Å². The third-order valence-electron chi connectivity index (χ3n) is 5.74. The van der Waals surface area contributed by atoms with Crippen molar-refractivity contribution >= 4 is 33.4 Å². The molecule has 3 rings (SSSR count). The van der Waals surface area contributed by atoms with Gasteiger partial charge in [0, 0.05) is 23.3 Å². The van der Waals surface area contributed by atoms with Crippen LogP contribution >= 0.6 is 15.9 Å². The maximum Gasteiger partial charge on any atom is 0.410 e. The zero-order valence-electron chi connectivity index (χ0n) is 18.9. The van der Waals surface area contributed by atoms with E-state index in [0.29, 0.717) is 6.54 Å². The first-order chi connectivity index (χ1) is 14.1. The lowest BCUT2D eigenvalue weighted by atomic mass is 9.92. The first kappa shape index (κ1) is 24.7. The highest BCUT2D eigenvalue weighted by Crippen LogP contribution is 2.56. The lowest BCUT2D eigenvalue weighted by molar-refractivity contribution is 0.0213. The van der Waals surface area contributed by atoms with Crippen LogP contribution in [-0.4, -0.2) is 44.5 Å². The topological polar surface area (TPSA) is 64.6 Å². The molecule has 0 bridgehead atoms. The largest absolute Gasteiger partial charge is 0.598 e. The molecule has 1 aliphatic carbocycles. The minimum absolute atomic E-state index is 0.0354. The molecule has 1 unspecified atom stereocenters. The van der Waals surface area contributed by atoms with Gasteiger partial charge in [0.25, 0.3) is 0 Å². The summed E-state index contributed by atoms with van der Waals surface area (Å²) >= 11 is 1.68. The number of nitrogens with zero attached hydrogens (tertiary/aromatic N) is 1. The minimum Gasteiger partial charge on any atom is -0.598 e. The Bertz CT molecular complexity index is 852. The molecule has 174 valence electrons. The molecule has 2 fully saturated rings. The van der Waals surface area contributed by atoms with Crippen molar-refractivity contribution in [3.8, 4) is 0 Å². The Hall–Kier alpha value is -0.900. The van der Waals surface area contributed by atoms with Crippen LogP contribution in [0.5, 0.6) is 0 Å². The highest BCUT2D eigenvalue weighted by molar-refractivity contribution is 9.10. The van der Waals surface area contributed by atoms with Gasteiger partial charge in [-0.2, -0.15) is 0 Å². The number of halogens is 3. The van der Waals surface area contributed by atoms with E-state index in [-0.39, 0.29) is 27.9 Å². The van der Waals surface area contributed by atoms with E-state index in [0.717, 1.165) is 25.0 Å². The van der Waals surface area contributed by atoms with Crippen molar-refractivity contribution in [1.29, 1.82) is 0 Å². The zero-order valence-corrected chi connectivity index (χ0v) is 21.3. The molecule has 5 nitrogen and oxygen atoms in total. The highest BCUT2D eigenvalue weighted by atomic mass is 79.9. The molecule has 9 heteroatoms. The van der Waals surface area contributed by atoms with Gasteiger partial charge >= 0.3 is 6.09 Å². The minimum atomic E-state index is -1.38. The smallest absolute Gasteiger partial charge is 0.410 e. The average Bonchev–Trinajstić information content (AvgIpc) is 3.31. The summed E-state index contributed by atoms with van der Waals surface area (Å²) in [7, 11) is 0. The summed E-state index contributed by atoms with van der Waals surface area (Å²) in [6.45, 7) is 11.4. The van der Waals surface area contributed by atoms with Crippen LogP contribution in [0.25, 0.3) is 0 Å². The Morgan fingerprint density at radius 3 is 2.42 bits per heavy atom. The fourth-order valence-corrected chi connectivity index (χ4v) is 5.46. The third kappa shape index (κ3) is 5.54. The summed E-state index contributed by atoms with van der Waals surface area (Å²) in [6.07, 6.45) is 1.33. The van der Waals surface area contributed by atoms with Gasteiger partial charge in [0.15, 0.2) is 0 Å². The van der Waals surface area contributed by atoms with Gasteiger partial charge in [0.05, 0.1) is 16.6 Å². The van der Waals surface area contributed by atoms with Crippen LogP contribution in [0, 0.1) is 17.0 Å². The summed E-state index contributed by atoms with van der Waals surface area (Å²) < 4.78 is 50.1. The number of amides is 1. The Morgan fingerprint density at radius 1 is 1.29 bits per heavy atom. The van der Waals surface area contributed by atoms with E-state index in [4.69, 9.17) is 4.74 Å². The Balaban J connectivity index is 1.97. The number of carbonyl (C=O) groups is 1. The maximum atomic E-state index is 14.8. The van der Waals surface area contributed by atoms with Crippen molar-refractivity contribution in [1.82, 2.24) is 9.62 Å². The first-order valence-electron chi connectivity index (χ1n) is 10.4. The molecule has 0 radical (unpaired) electrons. The fraction of sp³-hybridized carbons (Fsp3) is 0.682. The molecule has 2 aliphatic rings. The van der Waals surface area contributed by atoms with Crippen LogP contribution in [-0.2, 0) is 22.5 Å². The molecule has 1 saturated heterocycles. The van der Waals surface area contributed by atoms with E-state index in [2.05, 4.69) is 20.7 Å². The van der Waals surface area contributed by atoms with Crippen molar-refractivity contribution in [2.75, 3.05) is 6.54 Å². The van der Waals surface area contributed by atoms with Crippen molar-refractivity contribution < 1.29 is 22.9 Å².